The molecular formula is C28H17ClS. The summed E-state index contributed by atoms with van der Waals surface area (Å²) in [7, 11) is 0. The van der Waals surface area contributed by atoms with Gasteiger partial charge in [0, 0.05) is 25.2 Å². The van der Waals surface area contributed by atoms with Crippen molar-refractivity contribution in [3.8, 4) is 22.3 Å². The lowest BCUT2D eigenvalue weighted by atomic mass is 9.95. The third-order valence-electron chi connectivity index (χ3n) is 5.74. The van der Waals surface area contributed by atoms with E-state index in [2.05, 4.69) is 91.0 Å². The summed E-state index contributed by atoms with van der Waals surface area (Å²) in [6.07, 6.45) is 0. The number of fused-ring (bicyclic) bond motifs is 4. The second-order valence-corrected chi connectivity index (χ2v) is 9.02. The minimum atomic E-state index is 0.824. The molecule has 6 aromatic rings. The number of rotatable bonds is 2. The lowest BCUT2D eigenvalue weighted by Gasteiger charge is -2.09. The standard InChI is InChI=1S/C28H17ClS/c29-25-12-5-13-26-28(25)24-15-14-20(17-27(24)30-26)19-8-3-9-21(16-19)23-11-4-7-18-6-1-2-10-22(18)23/h1-17H. The minimum Gasteiger partial charge on any atom is -0.135 e. The predicted octanol–water partition coefficient (Wildman–Crippen LogP) is 9.20. The Balaban J connectivity index is 1.51. The quantitative estimate of drug-likeness (QED) is 0.262. The van der Waals surface area contributed by atoms with Crippen LogP contribution in [0, 0.1) is 0 Å². The maximum Gasteiger partial charge on any atom is 0.0499 e. The highest BCUT2D eigenvalue weighted by Crippen LogP contribution is 2.40. The summed E-state index contributed by atoms with van der Waals surface area (Å²) in [6, 6.07) is 36.8. The van der Waals surface area contributed by atoms with E-state index in [-0.39, 0.29) is 0 Å². The van der Waals surface area contributed by atoms with Gasteiger partial charge in [-0.1, -0.05) is 90.5 Å². The van der Waals surface area contributed by atoms with Gasteiger partial charge in [0.25, 0.3) is 0 Å². The summed E-state index contributed by atoms with van der Waals surface area (Å²) < 4.78 is 2.50. The van der Waals surface area contributed by atoms with E-state index in [1.165, 1.54) is 47.8 Å². The van der Waals surface area contributed by atoms with Crippen molar-refractivity contribution in [3.63, 3.8) is 0 Å². The Labute approximate surface area is 184 Å². The van der Waals surface area contributed by atoms with Crippen LogP contribution in [0.25, 0.3) is 53.2 Å². The molecule has 0 N–H and O–H groups in total. The smallest absolute Gasteiger partial charge is 0.0499 e. The minimum absolute atomic E-state index is 0.824. The molecule has 6 rings (SSSR count). The van der Waals surface area contributed by atoms with E-state index >= 15 is 0 Å². The van der Waals surface area contributed by atoms with Crippen molar-refractivity contribution in [2.45, 2.75) is 0 Å². The van der Waals surface area contributed by atoms with Gasteiger partial charge in [0.05, 0.1) is 0 Å². The number of halogens is 1. The first-order valence-electron chi connectivity index (χ1n) is 9.97. The summed E-state index contributed by atoms with van der Waals surface area (Å²) in [5.41, 5.74) is 4.96. The first-order chi connectivity index (χ1) is 14.8. The number of benzene rings is 5. The van der Waals surface area contributed by atoms with Crippen molar-refractivity contribution in [1.82, 2.24) is 0 Å². The molecule has 0 atom stereocenters. The van der Waals surface area contributed by atoms with Crippen molar-refractivity contribution in [3.05, 3.63) is 108 Å². The molecule has 0 amide bonds. The van der Waals surface area contributed by atoms with Crippen molar-refractivity contribution in [2.75, 3.05) is 0 Å². The van der Waals surface area contributed by atoms with Crippen LogP contribution in [0.1, 0.15) is 0 Å². The van der Waals surface area contributed by atoms with Crippen LogP contribution in [-0.4, -0.2) is 0 Å². The third kappa shape index (κ3) is 2.82. The third-order valence-corrected chi connectivity index (χ3v) is 7.18. The van der Waals surface area contributed by atoms with Gasteiger partial charge in [-0.15, -0.1) is 11.3 Å². The van der Waals surface area contributed by atoms with E-state index in [1.807, 2.05) is 12.1 Å². The Morgan fingerprint density at radius 1 is 0.533 bits per heavy atom. The molecule has 0 aliphatic carbocycles. The monoisotopic (exact) mass is 420 g/mol. The summed E-state index contributed by atoms with van der Waals surface area (Å²) in [4.78, 5) is 0. The topological polar surface area (TPSA) is 0 Å². The van der Waals surface area contributed by atoms with Crippen molar-refractivity contribution >= 4 is 53.9 Å². The Bertz CT molecular complexity index is 1550. The number of hydrogen-bond donors (Lipinski definition) is 0. The van der Waals surface area contributed by atoms with Crippen molar-refractivity contribution in [1.29, 1.82) is 0 Å². The molecule has 1 heterocycles. The zero-order valence-electron chi connectivity index (χ0n) is 16.1. The highest BCUT2D eigenvalue weighted by molar-refractivity contribution is 7.26. The summed E-state index contributed by atoms with van der Waals surface area (Å²) in [6.45, 7) is 0. The van der Waals surface area contributed by atoms with Gasteiger partial charge >= 0.3 is 0 Å². The van der Waals surface area contributed by atoms with Crippen LogP contribution < -0.4 is 0 Å². The molecule has 0 fully saturated rings. The molecule has 5 aromatic carbocycles. The maximum absolute atomic E-state index is 6.48. The summed E-state index contributed by atoms with van der Waals surface area (Å²) in [5, 5.41) is 5.77. The van der Waals surface area contributed by atoms with Gasteiger partial charge in [0.2, 0.25) is 0 Å². The molecule has 0 nitrogen and oxygen atoms in total. The second kappa shape index (κ2) is 6.98. The maximum atomic E-state index is 6.48. The molecule has 30 heavy (non-hydrogen) atoms. The first-order valence-corrected chi connectivity index (χ1v) is 11.2. The molecule has 0 saturated heterocycles. The molecular weight excluding hydrogens is 404 g/mol. The molecule has 0 bridgehead atoms. The van der Waals surface area contributed by atoms with Crippen LogP contribution in [0.5, 0.6) is 0 Å². The van der Waals surface area contributed by atoms with Gasteiger partial charge < -0.3 is 0 Å². The zero-order chi connectivity index (χ0) is 20.1. The van der Waals surface area contributed by atoms with Gasteiger partial charge in [0.15, 0.2) is 0 Å². The van der Waals surface area contributed by atoms with E-state index in [1.54, 1.807) is 11.3 Å². The highest BCUT2D eigenvalue weighted by atomic mass is 35.5. The van der Waals surface area contributed by atoms with E-state index in [9.17, 15) is 0 Å². The normalized spacial score (nSPS) is 11.5. The Morgan fingerprint density at radius 2 is 1.30 bits per heavy atom. The Hall–Kier alpha value is -3.13. The molecule has 142 valence electrons. The van der Waals surface area contributed by atoms with Crippen LogP contribution in [0.4, 0.5) is 0 Å². The van der Waals surface area contributed by atoms with Crippen molar-refractivity contribution in [2.24, 2.45) is 0 Å². The molecule has 0 spiro atoms. The van der Waals surface area contributed by atoms with Gasteiger partial charge in [0.1, 0.15) is 0 Å². The second-order valence-electron chi connectivity index (χ2n) is 7.53. The SMILES string of the molecule is Clc1cccc2sc3cc(-c4cccc(-c5cccc6ccccc56)c4)ccc3c12. The van der Waals surface area contributed by atoms with E-state index in [0.717, 1.165) is 10.4 Å². The van der Waals surface area contributed by atoms with Crippen LogP contribution in [0.15, 0.2) is 103 Å². The molecule has 0 aliphatic rings. The lowest BCUT2D eigenvalue weighted by Crippen LogP contribution is -1.83. The first kappa shape index (κ1) is 17.7. The van der Waals surface area contributed by atoms with Gasteiger partial charge in [-0.3, -0.25) is 0 Å². The van der Waals surface area contributed by atoms with E-state index in [4.69, 9.17) is 11.6 Å². The van der Waals surface area contributed by atoms with E-state index < -0.39 is 0 Å². The van der Waals surface area contributed by atoms with E-state index in [0.29, 0.717) is 0 Å². The number of thiophene rings is 1. The fourth-order valence-corrected chi connectivity index (χ4v) is 5.81. The van der Waals surface area contributed by atoms with Gasteiger partial charge in [-0.25, -0.2) is 0 Å². The molecule has 0 aliphatic heterocycles. The lowest BCUT2D eigenvalue weighted by molar-refractivity contribution is 1.62. The number of hydrogen-bond acceptors (Lipinski definition) is 1. The Morgan fingerprint density at radius 3 is 2.27 bits per heavy atom. The fourth-order valence-electron chi connectivity index (χ4n) is 4.31. The zero-order valence-corrected chi connectivity index (χ0v) is 17.7. The van der Waals surface area contributed by atoms with Crippen LogP contribution in [-0.2, 0) is 0 Å². The van der Waals surface area contributed by atoms with Crippen LogP contribution >= 0.6 is 22.9 Å². The summed E-state index contributed by atoms with van der Waals surface area (Å²) in [5.74, 6) is 0. The summed E-state index contributed by atoms with van der Waals surface area (Å²) >= 11 is 8.28. The van der Waals surface area contributed by atoms with Gasteiger partial charge in [-0.2, -0.15) is 0 Å². The molecule has 2 heteroatoms. The molecule has 0 radical (unpaired) electrons. The average molecular weight is 421 g/mol. The largest absolute Gasteiger partial charge is 0.135 e. The molecule has 0 unspecified atom stereocenters. The fraction of sp³-hybridized carbons (Fsp3) is 0. The molecule has 1 aromatic heterocycles. The molecule has 0 saturated carbocycles. The van der Waals surface area contributed by atoms with Gasteiger partial charge in [-0.05, 0) is 57.3 Å². The van der Waals surface area contributed by atoms with Crippen molar-refractivity contribution < 1.29 is 0 Å². The van der Waals surface area contributed by atoms with Crippen LogP contribution in [0.3, 0.4) is 0 Å². The average Bonchev–Trinajstić information content (AvgIpc) is 3.18. The van der Waals surface area contributed by atoms with Crippen LogP contribution in [0.2, 0.25) is 5.02 Å². The Kier molecular flexibility index (Phi) is 4.12. The highest BCUT2D eigenvalue weighted by Gasteiger charge is 2.10. The predicted molar refractivity (Wildman–Crippen MR) is 133 cm³/mol.